The van der Waals surface area contributed by atoms with Gasteiger partial charge in [-0.15, -0.1) is 0 Å². The van der Waals surface area contributed by atoms with Crippen molar-refractivity contribution in [3.05, 3.63) is 35.9 Å². The van der Waals surface area contributed by atoms with Gasteiger partial charge in [-0.25, -0.2) is 4.79 Å². The van der Waals surface area contributed by atoms with Gasteiger partial charge in [-0.3, -0.25) is 4.79 Å². The van der Waals surface area contributed by atoms with Crippen LogP contribution in [0.2, 0.25) is 18.1 Å². The summed E-state index contributed by atoms with van der Waals surface area (Å²) in [5, 5.41) is 2.66. The summed E-state index contributed by atoms with van der Waals surface area (Å²) in [6, 6.07) is 8.62. The van der Waals surface area contributed by atoms with E-state index >= 15 is 0 Å². The highest BCUT2D eigenvalue weighted by Crippen LogP contribution is 2.36. The predicted molar refractivity (Wildman–Crippen MR) is 105 cm³/mol. The number of nitrogens with one attached hydrogen (secondary N) is 1. The highest BCUT2D eigenvalue weighted by atomic mass is 28.4. The van der Waals surface area contributed by atoms with Crippen molar-refractivity contribution in [3.63, 3.8) is 0 Å². The van der Waals surface area contributed by atoms with Crippen molar-refractivity contribution in [1.29, 1.82) is 0 Å². The number of carbonyl (C=O) groups excluding carboxylic acids is 2. The largest absolute Gasteiger partial charge is 0.445 e. The smallest absolute Gasteiger partial charge is 0.408 e. The maximum Gasteiger partial charge on any atom is 0.408 e. The molecule has 0 spiro atoms. The Hall–Kier alpha value is -1.86. The minimum absolute atomic E-state index is 0.0204. The van der Waals surface area contributed by atoms with Crippen molar-refractivity contribution < 1.29 is 18.8 Å². The number of hydrogen-bond acceptors (Lipinski definition) is 4. The second kappa shape index (κ2) is 9.18. The number of benzene rings is 1. The summed E-state index contributed by atoms with van der Waals surface area (Å²) in [7, 11) is 1.27. The van der Waals surface area contributed by atoms with Crippen molar-refractivity contribution in [2.45, 2.75) is 51.6 Å². The fraction of sp³-hybridized carbons (Fsp3) is 0.579. The molecule has 2 amide bonds. The molecule has 0 aliphatic carbocycles. The third-order valence-corrected chi connectivity index (χ3v) is 9.16. The maximum absolute atomic E-state index is 12.4. The van der Waals surface area contributed by atoms with Crippen molar-refractivity contribution >= 4 is 20.3 Å². The van der Waals surface area contributed by atoms with Crippen LogP contribution in [0.5, 0.6) is 0 Å². The first kappa shape index (κ1) is 22.2. The lowest BCUT2D eigenvalue weighted by Crippen LogP contribution is -2.52. The third kappa shape index (κ3) is 6.80. The van der Waals surface area contributed by atoms with Crippen LogP contribution in [0.3, 0.4) is 0 Å². The number of hydrogen-bond donors (Lipinski definition) is 1. The van der Waals surface area contributed by atoms with Crippen molar-refractivity contribution in [1.82, 2.24) is 10.2 Å². The van der Waals surface area contributed by atoms with Gasteiger partial charge in [0, 0.05) is 14.1 Å². The Morgan fingerprint density at radius 1 is 1.15 bits per heavy atom. The first-order valence-corrected chi connectivity index (χ1v) is 11.7. The summed E-state index contributed by atoms with van der Waals surface area (Å²) >= 11 is 0. The van der Waals surface area contributed by atoms with Crippen LogP contribution in [0.15, 0.2) is 30.3 Å². The molecule has 1 aromatic carbocycles. The second-order valence-corrected chi connectivity index (χ2v) is 12.9. The van der Waals surface area contributed by atoms with Gasteiger partial charge in [0.2, 0.25) is 5.91 Å². The van der Waals surface area contributed by atoms with Crippen molar-refractivity contribution in [2.24, 2.45) is 0 Å². The average Bonchev–Trinajstić information content (AvgIpc) is 2.56. The molecule has 1 atom stereocenters. The summed E-state index contributed by atoms with van der Waals surface area (Å²) < 4.78 is 11.3. The quantitative estimate of drug-likeness (QED) is 0.736. The molecule has 7 heteroatoms. The maximum atomic E-state index is 12.4. The minimum Gasteiger partial charge on any atom is -0.445 e. The molecule has 26 heavy (non-hydrogen) atoms. The number of carbonyl (C=O) groups is 2. The van der Waals surface area contributed by atoms with E-state index in [4.69, 9.17) is 9.16 Å². The molecule has 1 aromatic rings. The van der Waals surface area contributed by atoms with Gasteiger partial charge in [-0.2, -0.15) is 0 Å². The molecule has 146 valence electrons. The lowest BCUT2D eigenvalue weighted by Gasteiger charge is -2.37. The van der Waals surface area contributed by atoms with Crippen molar-refractivity contribution in [2.75, 3.05) is 20.7 Å². The van der Waals surface area contributed by atoms with E-state index in [-0.39, 0.29) is 24.2 Å². The number of rotatable bonds is 7. The molecule has 0 fully saturated rings. The Labute approximate surface area is 158 Å². The SMILES string of the molecule is CN(C)C(=O)[C@@H](CO[Si](C)(C)C(C)(C)C)NC(=O)OCc1ccccc1. The number of ether oxygens (including phenoxy) is 1. The molecule has 0 heterocycles. The lowest BCUT2D eigenvalue weighted by atomic mass is 10.2. The van der Waals surface area contributed by atoms with Crippen LogP contribution in [0.25, 0.3) is 0 Å². The zero-order valence-corrected chi connectivity index (χ0v) is 18.0. The van der Waals surface area contributed by atoms with E-state index in [1.807, 2.05) is 30.3 Å². The molecule has 0 aromatic heterocycles. The fourth-order valence-corrected chi connectivity index (χ4v) is 2.92. The summed E-state index contributed by atoms with van der Waals surface area (Å²) in [6.07, 6.45) is -0.632. The van der Waals surface area contributed by atoms with E-state index in [9.17, 15) is 9.59 Å². The molecular formula is C19H32N2O4Si. The topological polar surface area (TPSA) is 67.9 Å². The summed E-state index contributed by atoms with van der Waals surface area (Å²) in [6.45, 7) is 10.9. The molecule has 0 radical (unpaired) electrons. The zero-order valence-electron chi connectivity index (χ0n) is 17.0. The molecule has 1 rings (SSSR count). The van der Waals surface area contributed by atoms with Crippen LogP contribution in [-0.2, 0) is 20.6 Å². The van der Waals surface area contributed by atoms with E-state index in [1.54, 1.807) is 14.1 Å². The van der Waals surface area contributed by atoms with Crippen LogP contribution in [0.4, 0.5) is 4.79 Å². The minimum atomic E-state index is -2.03. The van der Waals surface area contributed by atoms with Gasteiger partial charge in [0.15, 0.2) is 8.32 Å². The van der Waals surface area contributed by atoms with E-state index < -0.39 is 20.5 Å². The Morgan fingerprint density at radius 3 is 2.23 bits per heavy atom. The summed E-state index contributed by atoms with van der Waals surface area (Å²) in [5.74, 6) is -0.222. The molecule has 0 bridgehead atoms. The standard InChI is InChI=1S/C19H32N2O4Si/c1-19(2,3)26(6,7)25-14-16(17(22)21(4)5)20-18(23)24-13-15-11-9-8-10-12-15/h8-12,16H,13-14H2,1-7H3,(H,20,23)/t16-/m1/s1. The molecule has 0 unspecified atom stereocenters. The Balaban J connectivity index is 2.68. The van der Waals surface area contributed by atoms with E-state index in [2.05, 4.69) is 39.2 Å². The molecule has 6 nitrogen and oxygen atoms in total. The molecule has 0 saturated heterocycles. The van der Waals surface area contributed by atoms with Gasteiger partial charge in [-0.05, 0) is 23.7 Å². The second-order valence-electron chi connectivity index (χ2n) is 8.06. The summed E-state index contributed by atoms with van der Waals surface area (Å²) in [5.41, 5.74) is 0.885. The van der Waals surface area contributed by atoms with Crippen molar-refractivity contribution in [3.8, 4) is 0 Å². The molecule has 0 saturated carbocycles. The number of nitrogens with zero attached hydrogens (tertiary/aromatic N) is 1. The van der Waals surface area contributed by atoms with E-state index in [0.29, 0.717) is 0 Å². The van der Waals surface area contributed by atoms with Gasteiger partial charge in [-0.1, -0.05) is 51.1 Å². The van der Waals surface area contributed by atoms with Crippen LogP contribution in [0.1, 0.15) is 26.3 Å². The highest BCUT2D eigenvalue weighted by Gasteiger charge is 2.38. The number of amides is 2. The van der Waals surface area contributed by atoms with Gasteiger partial charge in [0.25, 0.3) is 0 Å². The lowest BCUT2D eigenvalue weighted by molar-refractivity contribution is -0.131. The van der Waals surface area contributed by atoms with Crippen LogP contribution < -0.4 is 5.32 Å². The predicted octanol–water partition coefficient (Wildman–Crippen LogP) is 3.39. The fourth-order valence-electron chi connectivity index (χ4n) is 1.90. The number of alkyl carbamates (subject to hydrolysis) is 1. The average molecular weight is 381 g/mol. The first-order chi connectivity index (χ1) is 11.9. The zero-order chi connectivity index (χ0) is 20.0. The number of likely N-dealkylation sites (N-methyl/N-ethyl adjacent to an activating group) is 1. The van der Waals surface area contributed by atoms with Gasteiger partial charge in [0.1, 0.15) is 12.6 Å². The van der Waals surface area contributed by atoms with Crippen LogP contribution >= 0.6 is 0 Å². The molecule has 0 aliphatic heterocycles. The van der Waals surface area contributed by atoms with E-state index in [0.717, 1.165) is 5.56 Å². The normalized spacial score (nSPS) is 13.0. The Kier molecular flexibility index (Phi) is 7.83. The van der Waals surface area contributed by atoms with E-state index in [1.165, 1.54) is 4.90 Å². The van der Waals surface area contributed by atoms with Gasteiger partial charge < -0.3 is 19.4 Å². The Bertz CT molecular complexity index is 597. The van der Waals surface area contributed by atoms with Crippen LogP contribution in [0, 0.1) is 0 Å². The third-order valence-electron chi connectivity index (χ3n) is 4.66. The monoisotopic (exact) mass is 380 g/mol. The summed E-state index contributed by atoms with van der Waals surface area (Å²) in [4.78, 5) is 26.0. The molecular weight excluding hydrogens is 348 g/mol. The Morgan fingerprint density at radius 2 is 1.73 bits per heavy atom. The highest BCUT2D eigenvalue weighted by molar-refractivity contribution is 6.74. The van der Waals surface area contributed by atoms with Gasteiger partial charge in [0.05, 0.1) is 6.61 Å². The molecule has 1 N–H and O–H groups in total. The van der Waals surface area contributed by atoms with Gasteiger partial charge >= 0.3 is 6.09 Å². The van der Waals surface area contributed by atoms with Crippen LogP contribution in [-0.4, -0.2) is 52.0 Å². The molecule has 0 aliphatic rings. The first-order valence-electron chi connectivity index (χ1n) is 8.76.